The van der Waals surface area contributed by atoms with E-state index in [9.17, 15) is 9.59 Å². The van der Waals surface area contributed by atoms with Crippen LogP contribution in [-0.2, 0) is 9.59 Å². The number of para-hydroxylation sites is 1. The van der Waals surface area contributed by atoms with Gasteiger partial charge in [0.25, 0.3) is 11.8 Å². The van der Waals surface area contributed by atoms with Gasteiger partial charge in [0.1, 0.15) is 17.1 Å². The number of hydrogen-bond donors (Lipinski definition) is 1. The van der Waals surface area contributed by atoms with Crippen molar-refractivity contribution in [2.75, 3.05) is 4.90 Å². The largest absolute Gasteiger partial charge is 0.457 e. The maximum Gasteiger partial charge on any atom is 0.270 e. The minimum absolute atomic E-state index is 0.00975. The van der Waals surface area contributed by atoms with Crippen molar-refractivity contribution in [3.05, 3.63) is 94.5 Å². The number of hydrogen-bond acceptors (Lipinski definition) is 4. The second-order valence-electron chi connectivity index (χ2n) is 6.42. The molecule has 2 amide bonds. The highest BCUT2D eigenvalue weighted by Crippen LogP contribution is 2.27. The van der Waals surface area contributed by atoms with Crippen LogP contribution in [0.25, 0.3) is 6.08 Å². The van der Waals surface area contributed by atoms with Crippen LogP contribution in [0.3, 0.4) is 0 Å². The Morgan fingerprint density at radius 1 is 0.867 bits per heavy atom. The normalized spacial score (nSPS) is 15.3. The summed E-state index contributed by atoms with van der Waals surface area (Å²) in [6.07, 6.45) is 1.55. The molecule has 0 atom stereocenters. The van der Waals surface area contributed by atoms with Crippen molar-refractivity contribution in [1.82, 2.24) is 5.32 Å². The van der Waals surface area contributed by atoms with Crippen molar-refractivity contribution >= 4 is 56.8 Å². The third-order valence-electron chi connectivity index (χ3n) is 4.36. The minimum Gasteiger partial charge on any atom is -0.457 e. The lowest BCUT2D eigenvalue weighted by molar-refractivity contribution is -0.122. The number of ether oxygens (including phenoxy) is 1. The average molecular weight is 479 g/mol. The van der Waals surface area contributed by atoms with Gasteiger partial charge in [-0.15, -0.1) is 0 Å². The second-order valence-corrected chi connectivity index (χ2v) is 7.72. The summed E-state index contributed by atoms with van der Waals surface area (Å²) in [6, 6.07) is 23.6. The second kappa shape index (κ2) is 8.61. The summed E-state index contributed by atoms with van der Waals surface area (Å²) in [5.41, 5.74) is 1.28. The molecule has 0 radical (unpaired) electrons. The molecule has 1 heterocycles. The lowest BCUT2D eigenvalue weighted by Gasteiger charge is -2.29. The number of amides is 2. The zero-order valence-corrected chi connectivity index (χ0v) is 17.9. The van der Waals surface area contributed by atoms with Crippen molar-refractivity contribution < 1.29 is 14.3 Å². The topological polar surface area (TPSA) is 58.6 Å². The molecule has 148 valence electrons. The fraction of sp³-hybridized carbons (Fsp3) is 0. The van der Waals surface area contributed by atoms with Gasteiger partial charge in [0.15, 0.2) is 5.11 Å². The van der Waals surface area contributed by atoms with Crippen molar-refractivity contribution in [2.24, 2.45) is 0 Å². The molecule has 3 aromatic rings. The smallest absolute Gasteiger partial charge is 0.270 e. The standard InChI is InChI=1S/C23H15BrN2O3S/c24-16-8-6-15(7-9-16)14-20-21(27)25-23(30)26(22(20)28)17-10-12-19(13-11-17)29-18-4-2-1-3-5-18/h1-14H,(H,25,27,30). The molecule has 1 aliphatic rings. The fourth-order valence-electron chi connectivity index (χ4n) is 2.91. The molecule has 1 saturated heterocycles. The van der Waals surface area contributed by atoms with Crippen molar-refractivity contribution in [3.63, 3.8) is 0 Å². The number of carbonyl (C=O) groups excluding carboxylic acids is 2. The van der Waals surface area contributed by atoms with Crippen LogP contribution in [0.5, 0.6) is 11.5 Å². The summed E-state index contributed by atoms with van der Waals surface area (Å²) in [5.74, 6) is 0.327. The lowest BCUT2D eigenvalue weighted by Crippen LogP contribution is -2.54. The molecule has 1 N–H and O–H groups in total. The third-order valence-corrected chi connectivity index (χ3v) is 5.17. The van der Waals surface area contributed by atoms with Gasteiger partial charge in [0.05, 0.1) is 5.69 Å². The van der Waals surface area contributed by atoms with Crippen molar-refractivity contribution in [1.29, 1.82) is 0 Å². The number of rotatable bonds is 4. The molecule has 0 saturated carbocycles. The van der Waals surface area contributed by atoms with Crippen LogP contribution >= 0.6 is 28.1 Å². The molecule has 4 rings (SSSR count). The third kappa shape index (κ3) is 4.32. The van der Waals surface area contributed by atoms with Crippen LogP contribution in [0, 0.1) is 0 Å². The van der Waals surface area contributed by atoms with Gasteiger partial charge in [-0.2, -0.15) is 0 Å². The molecule has 30 heavy (non-hydrogen) atoms. The van der Waals surface area contributed by atoms with E-state index in [0.29, 0.717) is 17.2 Å². The first-order chi connectivity index (χ1) is 14.5. The molecule has 0 spiro atoms. The Bertz CT molecular complexity index is 1140. The molecule has 1 fully saturated rings. The van der Waals surface area contributed by atoms with Gasteiger partial charge in [-0.1, -0.05) is 46.3 Å². The summed E-state index contributed by atoms with van der Waals surface area (Å²) in [7, 11) is 0. The van der Waals surface area contributed by atoms with E-state index in [1.165, 1.54) is 4.90 Å². The molecule has 0 aliphatic carbocycles. The molecule has 5 nitrogen and oxygen atoms in total. The van der Waals surface area contributed by atoms with Gasteiger partial charge in [0, 0.05) is 4.47 Å². The van der Waals surface area contributed by atoms with E-state index in [-0.39, 0.29) is 10.7 Å². The zero-order chi connectivity index (χ0) is 21.1. The molecule has 3 aromatic carbocycles. The van der Waals surface area contributed by atoms with Gasteiger partial charge in [-0.3, -0.25) is 19.8 Å². The van der Waals surface area contributed by atoms with Gasteiger partial charge >= 0.3 is 0 Å². The molecular formula is C23H15BrN2O3S. The minimum atomic E-state index is -0.520. The SMILES string of the molecule is O=C1NC(=S)N(c2ccc(Oc3ccccc3)cc2)C(=O)C1=Cc1ccc(Br)cc1. The predicted octanol–water partition coefficient (Wildman–Crippen LogP) is 5.07. The maximum atomic E-state index is 13.1. The molecule has 0 bridgehead atoms. The highest BCUT2D eigenvalue weighted by atomic mass is 79.9. The zero-order valence-electron chi connectivity index (χ0n) is 15.5. The van der Waals surface area contributed by atoms with Crippen LogP contribution in [-0.4, -0.2) is 16.9 Å². The first-order valence-electron chi connectivity index (χ1n) is 9.01. The Morgan fingerprint density at radius 2 is 1.50 bits per heavy atom. The van der Waals surface area contributed by atoms with E-state index >= 15 is 0 Å². The Hall–Kier alpha value is -3.29. The summed E-state index contributed by atoms with van der Waals surface area (Å²) in [4.78, 5) is 26.7. The Kier molecular flexibility index (Phi) is 5.74. The Morgan fingerprint density at radius 3 is 2.17 bits per heavy atom. The number of benzene rings is 3. The molecule has 0 unspecified atom stereocenters. The number of nitrogens with one attached hydrogen (secondary N) is 1. The van der Waals surface area contributed by atoms with Gasteiger partial charge < -0.3 is 4.74 Å². The summed E-state index contributed by atoms with van der Waals surface area (Å²) >= 11 is 8.61. The van der Waals surface area contributed by atoms with Crippen LogP contribution in [0.15, 0.2) is 88.9 Å². The number of halogens is 1. The molecule has 1 aliphatic heterocycles. The van der Waals surface area contributed by atoms with E-state index in [4.69, 9.17) is 17.0 Å². The molecular weight excluding hydrogens is 464 g/mol. The van der Waals surface area contributed by atoms with Crippen LogP contribution in [0.4, 0.5) is 5.69 Å². The number of thiocarbonyl (C=S) groups is 1. The van der Waals surface area contributed by atoms with Gasteiger partial charge in [0.2, 0.25) is 0 Å². The van der Waals surface area contributed by atoms with Crippen LogP contribution in [0.2, 0.25) is 0 Å². The monoisotopic (exact) mass is 478 g/mol. The predicted molar refractivity (Wildman–Crippen MR) is 123 cm³/mol. The Labute approximate surface area is 187 Å². The molecule has 7 heteroatoms. The average Bonchev–Trinajstić information content (AvgIpc) is 2.74. The summed E-state index contributed by atoms with van der Waals surface area (Å²) in [6.45, 7) is 0. The van der Waals surface area contributed by atoms with Crippen molar-refractivity contribution in [3.8, 4) is 11.5 Å². The van der Waals surface area contributed by atoms with E-state index in [1.54, 1.807) is 30.3 Å². The summed E-state index contributed by atoms with van der Waals surface area (Å²) in [5, 5.41) is 2.62. The lowest BCUT2D eigenvalue weighted by atomic mass is 10.1. The van der Waals surface area contributed by atoms with E-state index in [1.807, 2.05) is 54.6 Å². The first kappa shape index (κ1) is 20.0. The van der Waals surface area contributed by atoms with Crippen LogP contribution in [0.1, 0.15) is 5.56 Å². The molecule has 0 aromatic heterocycles. The summed E-state index contributed by atoms with van der Waals surface area (Å²) < 4.78 is 6.69. The van der Waals surface area contributed by atoms with E-state index in [2.05, 4.69) is 21.2 Å². The van der Waals surface area contributed by atoms with Gasteiger partial charge in [-0.25, -0.2) is 0 Å². The quantitative estimate of drug-likeness (QED) is 0.323. The van der Waals surface area contributed by atoms with Crippen LogP contribution < -0.4 is 15.0 Å². The van der Waals surface area contributed by atoms with Gasteiger partial charge in [-0.05, 0) is 72.4 Å². The maximum absolute atomic E-state index is 13.1. The number of anilines is 1. The number of carbonyl (C=O) groups is 2. The fourth-order valence-corrected chi connectivity index (χ4v) is 3.45. The Balaban J connectivity index is 1.59. The van der Waals surface area contributed by atoms with Crippen molar-refractivity contribution in [2.45, 2.75) is 0 Å². The highest BCUT2D eigenvalue weighted by molar-refractivity contribution is 9.10. The first-order valence-corrected chi connectivity index (χ1v) is 10.2. The number of nitrogens with zero attached hydrogens (tertiary/aromatic N) is 1. The van der Waals surface area contributed by atoms with E-state index < -0.39 is 11.8 Å². The van der Waals surface area contributed by atoms with E-state index in [0.717, 1.165) is 10.0 Å². The highest BCUT2D eigenvalue weighted by Gasteiger charge is 2.34.